The fraction of sp³-hybridized carbons (Fsp3) is 0.412. The number of nitrogens with one attached hydrogen (secondary N) is 1. The Kier molecular flexibility index (Phi) is 4.43. The van der Waals surface area contributed by atoms with Gasteiger partial charge in [0.2, 0.25) is 5.91 Å². The van der Waals surface area contributed by atoms with Crippen LogP contribution in [0.2, 0.25) is 0 Å². The van der Waals surface area contributed by atoms with Crippen LogP contribution in [0, 0.1) is 5.82 Å². The van der Waals surface area contributed by atoms with Crippen LogP contribution in [0.4, 0.5) is 10.2 Å². The third-order valence-corrected chi connectivity index (χ3v) is 4.19. The number of benzene rings is 1. The number of hydrogen-bond donors (Lipinski definition) is 1. The molecule has 0 fully saturated rings. The van der Waals surface area contributed by atoms with E-state index in [4.69, 9.17) is 0 Å². The minimum absolute atomic E-state index is 0.256. The highest BCUT2D eigenvalue weighted by Gasteiger charge is 2.27. The second-order valence-electron chi connectivity index (χ2n) is 6.05. The van der Waals surface area contributed by atoms with Crippen molar-refractivity contribution in [2.24, 2.45) is 0 Å². The zero-order valence-corrected chi connectivity index (χ0v) is 13.4. The van der Waals surface area contributed by atoms with Gasteiger partial charge >= 0.3 is 0 Å². The summed E-state index contributed by atoms with van der Waals surface area (Å²) in [5.41, 5.74) is 0.369. The molecule has 1 N–H and O–H groups in total. The summed E-state index contributed by atoms with van der Waals surface area (Å²) in [6.45, 7) is 0.858. The van der Waals surface area contributed by atoms with Crippen molar-refractivity contribution in [3.63, 3.8) is 0 Å². The Labute approximate surface area is 135 Å². The van der Waals surface area contributed by atoms with Crippen molar-refractivity contribution >= 4 is 11.7 Å². The smallest absolute Gasteiger partial charge is 0.247 e. The number of amides is 1. The van der Waals surface area contributed by atoms with Gasteiger partial charge in [-0.2, -0.15) is 0 Å². The van der Waals surface area contributed by atoms with Crippen LogP contribution in [-0.4, -0.2) is 34.5 Å². The first-order valence-electron chi connectivity index (χ1n) is 7.84. The number of halogens is 1. The second kappa shape index (κ2) is 6.50. The number of nitrogens with zero attached hydrogens (tertiary/aromatic N) is 3. The normalized spacial score (nSPS) is 15.3. The maximum atomic E-state index is 14.1. The summed E-state index contributed by atoms with van der Waals surface area (Å²) < 4.78 is 16.1. The lowest BCUT2D eigenvalue weighted by atomic mass is 10.0. The number of fused-ring (bicyclic) bond motifs is 1. The molecule has 1 atom stereocenters. The van der Waals surface area contributed by atoms with Crippen LogP contribution in [0.1, 0.15) is 30.3 Å². The van der Waals surface area contributed by atoms with Gasteiger partial charge in [0.25, 0.3) is 0 Å². The molecule has 1 amide bonds. The van der Waals surface area contributed by atoms with Gasteiger partial charge in [-0.1, -0.05) is 18.2 Å². The summed E-state index contributed by atoms with van der Waals surface area (Å²) in [4.78, 5) is 18.8. The van der Waals surface area contributed by atoms with Gasteiger partial charge in [-0.05, 0) is 33.0 Å². The average molecular weight is 316 g/mol. The molecule has 0 bridgehead atoms. The Bertz CT molecular complexity index is 710. The molecule has 6 heteroatoms. The van der Waals surface area contributed by atoms with Crippen molar-refractivity contribution in [2.45, 2.75) is 31.8 Å². The van der Waals surface area contributed by atoms with E-state index in [1.54, 1.807) is 43.4 Å². The van der Waals surface area contributed by atoms with Crippen molar-refractivity contribution in [1.29, 1.82) is 0 Å². The molecule has 2 heterocycles. The molecule has 23 heavy (non-hydrogen) atoms. The van der Waals surface area contributed by atoms with Crippen LogP contribution in [-0.2, 0) is 17.8 Å². The largest absolute Gasteiger partial charge is 0.315 e. The molecule has 0 saturated heterocycles. The summed E-state index contributed by atoms with van der Waals surface area (Å²) in [7, 11) is 3.53. The van der Waals surface area contributed by atoms with E-state index in [9.17, 15) is 9.18 Å². The number of carbonyl (C=O) groups is 1. The minimum Gasteiger partial charge on any atom is -0.315 e. The Morgan fingerprint density at radius 1 is 1.35 bits per heavy atom. The van der Waals surface area contributed by atoms with E-state index in [1.165, 1.54) is 6.07 Å². The number of imidazole rings is 1. The number of rotatable bonds is 4. The van der Waals surface area contributed by atoms with Gasteiger partial charge in [-0.25, -0.2) is 9.37 Å². The zero-order valence-electron chi connectivity index (χ0n) is 13.4. The highest BCUT2D eigenvalue weighted by molar-refractivity contribution is 5.94. The van der Waals surface area contributed by atoms with Crippen LogP contribution >= 0.6 is 0 Å². The summed E-state index contributed by atoms with van der Waals surface area (Å²) in [6.07, 6.45) is 4.82. The third-order valence-electron chi connectivity index (χ3n) is 4.19. The molecule has 0 saturated carbocycles. The Morgan fingerprint density at radius 3 is 2.87 bits per heavy atom. The summed E-state index contributed by atoms with van der Waals surface area (Å²) in [5.74, 6) is 1.05. The number of anilines is 1. The van der Waals surface area contributed by atoms with Crippen LogP contribution in [0.15, 0.2) is 30.5 Å². The van der Waals surface area contributed by atoms with Crippen molar-refractivity contribution in [1.82, 2.24) is 14.5 Å². The topological polar surface area (TPSA) is 50.2 Å². The van der Waals surface area contributed by atoms with E-state index in [0.29, 0.717) is 11.4 Å². The van der Waals surface area contributed by atoms with E-state index in [2.05, 4.69) is 10.3 Å². The molecule has 2 aromatic rings. The fourth-order valence-corrected chi connectivity index (χ4v) is 3.06. The van der Waals surface area contributed by atoms with Crippen molar-refractivity contribution < 1.29 is 9.18 Å². The first-order chi connectivity index (χ1) is 11.1. The summed E-state index contributed by atoms with van der Waals surface area (Å²) in [6, 6.07) is 5.69. The highest BCUT2D eigenvalue weighted by Crippen LogP contribution is 2.25. The number of likely N-dealkylation sites (N-methyl/N-ethyl adjacent to an activating group) is 1. The standard InChI is InChI=1S/C17H21FN4O/c1-21(2)16(12-7-3-4-8-13(12)18)17(23)20-15-11-19-14-9-5-6-10-22(14)15/h3-4,7-8,11,16H,5-6,9-10H2,1-2H3,(H,20,23). The highest BCUT2D eigenvalue weighted by atomic mass is 19.1. The molecule has 1 aromatic heterocycles. The third kappa shape index (κ3) is 3.12. The van der Waals surface area contributed by atoms with E-state index >= 15 is 0 Å². The molecule has 0 radical (unpaired) electrons. The molecule has 0 spiro atoms. The lowest BCUT2D eigenvalue weighted by molar-refractivity contribution is -0.120. The zero-order chi connectivity index (χ0) is 16.4. The molecule has 1 aliphatic rings. The van der Waals surface area contributed by atoms with Crippen molar-refractivity contribution in [3.8, 4) is 0 Å². The van der Waals surface area contributed by atoms with Crippen molar-refractivity contribution in [3.05, 3.63) is 47.7 Å². The molecule has 1 unspecified atom stereocenters. The van der Waals surface area contributed by atoms with Crippen LogP contribution in [0.5, 0.6) is 0 Å². The molecule has 122 valence electrons. The van der Waals surface area contributed by atoms with Gasteiger partial charge in [0.1, 0.15) is 23.5 Å². The number of aromatic nitrogens is 2. The minimum atomic E-state index is -0.689. The molecule has 1 aliphatic heterocycles. The Balaban J connectivity index is 1.85. The SMILES string of the molecule is CN(C)C(C(=O)Nc1cnc2n1CCCC2)c1ccccc1F. The molecule has 0 aliphatic carbocycles. The maximum Gasteiger partial charge on any atom is 0.247 e. The van der Waals surface area contributed by atoms with Crippen LogP contribution in [0.3, 0.4) is 0 Å². The summed E-state index contributed by atoms with van der Waals surface area (Å²) in [5, 5.41) is 2.91. The molecular weight excluding hydrogens is 295 g/mol. The van der Waals surface area contributed by atoms with Gasteiger partial charge in [-0.3, -0.25) is 9.69 Å². The first-order valence-corrected chi connectivity index (χ1v) is 7.84. The molecule has 5 nitrogen and oxygen atoms in total. The number of carbonyl (C=O) groups excluding carboxylic acids is 1. The van der Waals surface area contributed by atoms with E-state index < -0.39 is 6.04 Å². The van der Waals surface area contributed by atoms with Crippen LogP contribution in [0.25, 0.3) is 0 Å². The predicted molar refractivity (Wildman–Crippen MR) is 86.6 cm³/mol. The van der Waals surface area contributed by atoms with Gasteiger partial charge in [-0.15, -0.1) is 0 Å². The molecule has 1 aromatic carbocycles. The Hall–Kier alpha value is -2.21. The number of aryl methyl sites for hydroxylation is 1. The lowest BCUT2D eigenvalue weighted by Gasteiger charge is -2.25. The first kappa shape index (κ1) is 15.7. The van der Waals surface area contributed by atoms with Gasteiger partial charge < -0.3 is 9.88 Å². The summed E-state index contributed by atoms with van der Waals surface area (Å²) >= 11 is 0. The number of hydrogen-bond acceptors (Lipinski definition) is 3. The maximum absolute atomic E-state index is 14.1. The van der Waals surface area contributed by atoms with Crippen LogP contribution < -0.4 is 5.32 Å². The molecular formula is C17H21FN4O. The van der Waals surface area contributed by atoms with E-state index in [1.807, 2.05) is 4.57 Å². The average Bonchev–Trinajstić information content (AvgIpc) is 2.92. The fourth-order valence-electron chi connectivity index (χ4n) is 3.06. The van der Waals surface area contributed by atoms with E-state index in [-0.39, 0.29) is 11.7 Å². The van der Waals surface area contributed by atoms with Gasteiger partial charge in [0, 0.05) is 18.5 Å². The van der Waals surface area contributed by atoms with Crippen molar-refractivity contribution in [2.75, 3.05) is 19.4 Å². The quantitative estimate of drug-likeness (QED) is 0.943. The predicted octanol–water partition coefficient (Wildman–Crippen LogP) is 2.60. The van der Waals surface area contributed by atoms with Gasteiger partial charge in [0.15, 0.2) is 0 Å². The Morgan fingerprint density at radius 2 is 2.13 bits per heavy atom. The molecule has 3 rings (SSSR count). The van der Waals surface area contributed by atoms with Gasteiger partial charge in [0.05, 0.1) is 6.20 Å². The monoisotopic (exact) mass is 316 g/mol. The van der Waals surface area contributed by atoms with E-state index in [0.717, 1.165) is 31.6 Å². The second-order valence-corrected chi connectivity index (χ2v) is 6.05. The lowest BCUT2D eigenvalue weighted by Crippen LogP contribution is -2.33.